The summed E-state index contributed by atoms with van der Waals surface area (Å²) in [4.78, 5) is 38.3. The smallest absolute Gasteiger partial charge is 0.425 e. The van der Waals surface area contributed by atoms with Crippen LogP contribution in [0.4, 0.5) is 15.4 Å². The molecule has 2 amide bonds. The maximum atomic E-state index is 12.7. The minimum atomic E-state index is -0.937. The fraction of sp³-hybridized carbons (Fsp3) is 0.471. The van der Waals surface area contributed by atoms with Crippen LogP contribution in [0.1, 0.15) is 41.5 Å². The number of fused-ring (bicyclic) bond motifs is 1. The van der Waals surface area contributed by atoms with E-state index >= 15 is 0 Å². The van der Waals surface area contributed by atoms with Gasteiger partial charge >= 0.3 is 12.2 Å². The van der Waals surface area contributed by atoms with Crippen LogP contribution in [-0.2, 0) is 9.47 Å². The number of anilines is 1. The van der Waals surface area contributed by atoms with Gasteiger partial charge < -0.3 is 9.47 Å². The van der Waals surface area contributed by atoms with Gasteiger partial charge in [0.05, 0.1) is 5.52 Å². The van der Waals surface area contributed by atoms with E-state index in [4.69, 9.17) is 21.1 Å². The number of amides is 2. The van der Waals surface area contributed by atoms with Gasteiger partial charge in [0.2, 0.25) is 0 Å². The van der Waals surface area contributed by atoms with Crippen molar-refractivity contribution in [2.45, 2.75) is 52.7 Å². The first-order chi connectivity index (χ1) is 11.9. The number of carbonyl (C=O) groups excluding carboxylic acids is 2. The van der Waals surface area contributed by atoms with Crippen LogP contribution >= 0.6 is 11.6 Å². The number of aromatic nitrogens is 3. The van der Waals surface area contributed by atoms with Crippen LogP contribution in [0, 0.1) is 0 Å². The Morgan fingerprint density at radius 2 is 1.50 bits per heavy atom. The zero-order valence-corrected chi connectivity index (χ0v) is 16.3. The molecule has 0 saturated heterocycles. The molecule has 0 aliphatic rings. The van der Waals surface area contributed by atoms with Gasteiger partial charge in [-0.15, -0.1) is 0 Å². The Bertz CT molecular complexity index is 815. The summed E-state index contributed by atoms with van der Waals surface area (Å²) < 4.78 is 10.7. The van der Waals surface area contributed by atoms with Gasteiger partial charge in [-0.3, -0.25) is 0 Å². The number of rotatable bonds is 1. The molecule has 0 N–H and O–H groups in total. The Kier molecular flexibility index (Phi) is 5.36. The number of pyridine rings is 1. The molecule has 0 saturated carbocycles. The molecule has 0 unspecified atom stereocenters. The molecule has 26 heavy (non-hydrogen) atoms. The first-order valence-corrected chi connectivity index (χ1v) is 8.28. The zero-order valence-electron chi connectivity index (χ0n) is 15.5. The molecule has 2 aromatic heterocycles. The number of carbonyl (C=O) groups is 2. The number of hydrogen-bond acceptors (Lipinski definition) is 7. The highest BCUT2D eigenvalue weighted by atomic mass is 35.5. The fourth-order valence-corrected chi connectivity index (χ4v) is 2.08. The topological polar surface area (TPSA) is 94.5 Å². The SMILES string of the molecule is CC(C)(C)OC(=O)N(C(=O)OC(C)(C)C)c1ncnc2ccc(Cl)nc12. The standard InChI is InChI=1S/C17H21ClN4O4/c1-16(2,3)25-14(23)22(15(24)26-17(4,5)6)13-12-10(19-9-20-13)7-8-11(18)21-12/h7-9H,1-6H3. The first kappa shape index (κ1) is 19.8. The molecule has 0 fully saturated rings. The third kappa shape index (κ3) is 5.01. The van der Waals surface area contributed by atoms with Crippen molar-refractivity contribution in [3.63, 3.8) is 0 Å². The van der Waals surface area contributed by atoms with E-state index in [1.165, 1.54) is 6.33 Å². The molecule has 9 heteroatoms. The van der Waals surface area contributed by atoms with Crippen LogP contribution in [0.3, 0.4) is 0 Å². The molecular weight excluding hydrogens is 360 g/mol. The first-order valence-electron chi connectivity index (χ1n) is 7.91. The summed E-state index contributed by atoms with van der Waals surface area (Å²) >= 11 is 5.95. The quantitative estimate of drug-likeness (QED) is 0.678. The third-order valence-corrected chi connectivity index (χ3v) is 3.00. The van der Waals surface area contributed by atoms with E-state index in [9.17, 15) is 9.59 Å². The van der Waals surface area contributed by atoms with Crippen molar-refractivity contribution in [3.05, 3.63) is 23.6 Å². The second kappa shape index (κ2) is 7.03. The molecule has 0 aromatic carbocycles. The van der Waals surface area contributed by atoms with E-state index in [0.29, 0.717) is 10.4 Å². The minimum absolute atomic E-state index is 0.0685. The molecule has 2 rings (SSSR count). The maximum absolute atomic E-state index is 12.7. The van der Waals surface area contributed by atoms with Gasteiger partial charge in [-0.1, -0.05) is 11.6 Å². The molecule has 2 heterocycles. The number of nitrogens with zero attached hydrogens (tertiary/aromatic N) is 4. The van der Waals surface area contributed by atoms with Crippen LogP contribution in [-0.4, -0.2) is 38.3 Å². The van der Waals surface area contributed by atoms with Crippen LogP contribution in [0.5, 0.6) is 0 Å². The van der Waals surface area contributed by atoms with Crippen molar-refractivity contribution in [1.82, 2.24) is 15.0 Å². The molecule has 0 aliphatic carbocycles. The van der Waals surface area contributed by atoms with E-state index in [2.05, 4.69) is 15.0 Å². The Morgan fingerprint density at radius 1 is 0.962 bits per heavy atom. The Balaban J connectivity index is 2.59. The normalized spacial score (nSPS) is 12.0. The number of ether oxygens (including phenoxy) is 2. The molecule has 0 atom stereocenters. The van der Waals surface area contributed by atoms with E-state index in [0.717, 1.165) is 0 Å². The van der Waals surface area contributed by atoms with Gasteiger partial charge in [-0.25, -0.2) is 24.5 Å². The predicted octanol–water partition coefficient (Wildman–Crippen LogP) is 4.35. The number of halogens is 1. The highest BCUT2D eigenvalue weighted by Gasteiger charge is 2.35. The minimum Gasteiger partial charge on any atom is -0.443 e. The third-order valence-electron chi connectivity index (χ3n) is 2.79. The van der Waals surface area contributed by atoms with E-state index in [1.807, 2.05) is 0 Å². The van der Waals surface area contributed by atoms with E-state index in [-0.39, 0.29) is 16.5 Å². The second-order valence-corrected chi connectivity index (χ2v) is 7.88. The molecule has 0 spiro atoms. The van der Waals surface area contributed by atoms with Crippen molar-refractivity contribution in [3.8, 4) is 0 Å². The lowest BCUT2D eigenvalue weighted by Crippen LogP contribution is -2.44. The molecule has 0 radical (unpaired) electrons. The van der Waals surface area contributed by atoms with Gasteiger partial charge in [0.15, 0.2) is 5.82 Å². The molecule has 8 nitrogen and oxygen atoms in total. The monoisotopic (exact) mass is 380 g/mol. The second-order valence-electron chi connectivity index (χ2n) is 7.50. The average molecular weight is 381 g/mol. The molecular formula is C17H21ClN4O4. The van der Waals surface area contributed by atoms with Crippen LogP contribution < -0.4 is 4.90 Å². The zero-order chi connectivity index (χ0) is 19.7. The summed E-state index contributed by atoms with van der Waals surface area (Å²) in [5.41, 5.74) is -1.07. The van der Waals surface area contributed by atoms with Crippen LogP contribution in [0.25, 0.3) is 11.0 Å². The highest BCUT2D eigenvalue weighted by Crippen LogP contribution is 2.26. The summed E-state index contributed by atoms with van der Waals surface area (Å²) in [6.07, 6.45) is -0.656. The number of imide groups is 1. The fourth-order valence-electron chi connectivity index (χ4n) is 1.93. The Hall–Kier alpha value is -2.48. The molecule has 0 bridgehead atoms. The van der Waals surface area contributed by atoms with Crippen LogP contribution in [0.2, 0.25) is 5.15 Å². The summed E-state index contributed by atoms with van der Waals surface area (Å²) in [6.45, 7) is 10.1. The lowest BCUT2D eigenvalue weighted by atomic mass is 10.2. The van der Waals surface area contributed by atoms with Gasteiger partial charge in [-0.05, 0) is 53.7 Å². The van der Waals surface area contributed by atoms with Crippen molar-refractivity contribution in [2.24, 2.45) is 0 Å². The maximum Gasteiger partial charge on any atom is 0.425 e. The van der Waals surface area contributed by atoms with Gasteiger partial charge in [-0.2, -0.15) is 4.90 Å². The van der Waals surface area contributed by atoms with Crippen molar-refractivity contribution < 1.29 is 19.1 Å². The predicted molar refractivity (Wildman–Crippen MR) is 97.3 cm³/mol. The summed E-state index contributed by atoms with van der Waals surface area (Å²) in [7, 11) is 0. The highest BCUT2D eigenvalue weighted by molar-refractivity contribution is 6.30. The Morgan fingerprint density at radius 3 is 2.00 bits per heavy atom. The van der Waals surface area contributed by atoms with E-state index in [1.54, 1.807) is 53.7 Å². The average Bonchev–Trinajstić information content (AvgIpc) is 2.44. The summed E-state index contributed by atoms with van der Waals surface area (Å²) in [5.74, 6) is -0.0685. The van der Waals surface area contributed by atoms with Gasteiger partial charge in [0.1, 0.15) is 28.2 Å². The molecule has 2 aromatic rings. The summed E-state index contributed by atoms with van der Waals surface area (Å²) in [6, 6.07) is 3.16. The van der Waals surface area contributed by atoms with Crippen LogP contribution in [0.15, 0.2) is 18.5 Å². The largest absolute Gasteiger partial charge is 0.443 e. The Labute approximate surface area is 156 Å². The van der Waals surface area contributed by atoms with Gasteiger partial charge in [0.25, 0.3) is 0 Å². The van der Waals surface area contributed by atoms with Crippen molar-refractivity contribution in [1.29, 1.82) is 0 Å². The lowest BCUT2D eigenvalue weighted by molar-refractivity contribution is 0.0429. The number of hydrogen-bond donors (Lipinski definition) is 0. The lowest BCUT2D eigenvalue weighted by Gasteiger charge is -2.28. The van der Waals surface area contributed by atoms with Crippen molar-refractivity contribution >= 4 is 40.6 Å². The van der Waals surface area contributed by atoms with Gasteiger partial charge in [0, 0.05) is 0 Å². The summed E-state index contributed by atoms with van der Waals surface area (Å²) in [5, 5.41) is 0.168. The van der Waals surface area contributed by atoms with E-state index < -0.39 is 23.4 Å². The molecule has 140 valence electrons. The molecule has 0 aliphatic heterocycles. The van der Waals surface area contributed by atoms with Crippen molar-refractivity contribution in [2.75, 3.05) is 4.90 Å².